The number of rotatable bonds is 16. The Hall–Kier alpha value is -3.37. The molecule has 0 radical (unpaired) electrons. The molecule has 312 valence electrons. The van der Waals surface area contributed by atoms with Crippen molar-refractivity contribution in [1.82, 2.24) is 0 Å². The van der Waals surface area contributed by atoms with E-state index in [-0.39, 0.29) is 16.2 Å². The molecule has 0 aliphatic carbocycles. The first-order chi connectivity index (χ1) is 27.5. The highest BCUT2D eigenvalue weighted by Crippen LogP contribution is 2.43. The second-order valence-corrected chi connectivity index (χ2v) is 27.9. The van der Waals surface area contributed by atoms with Crippen molar-refractivity contribution in [2.45, 2.75) is 129 Å². The minimum absolute atomic E-state index is 0.101. The molecule has 4 atom stereocenters. The molecule has 58 heavy (non-hydrogen) atoms. The first kappa shape index (κ1) is 45.7. The van der Waals surface area contributed by atoms with E-state index < -0.39 is 28.3 Å². The van der Waals surface area contributed by atoms with Crippen LogP contribution in [0.1, 0.15) is 101 Å². The maximum absolute atomic E-state index is 10.8. The summed E-state index contributed by atoms with van der Waals surface area (Å²) in [5.41, 5.74) is 0.708. The fourth-order valence-corrected chi connectivity index (χ4v) is 18.5. The highest BCUT2D eigenvalue weighted by Gasteiger charge is 2.54. The zero-order valence-corrected chi connectivity index (χ0v) is 39.2. The molecule has 2 unspecified atom stereocenters. The van der Waals surface area contributed by atoms with Gasteiger partial charge in [0.05, 0.1) is 31.0 Å². The van der Waals surface area contributed by atoms with E-state index in [2.05, 4.69) is 203 Å². The normalized spacial score (nSPS) is 20.3. The molecule has 4 aromatic rings. The van der Waals surface area contributed by atoms with Gasteiger partial charge in [0.25, 0.3) is 16.6 Å². The third-order valence-electron chi connectivity index (χ3n) is 12.2. The third kappa shape index (κ3) is 10.7. The Kier molecular flexibility index (Phi) is 15.6. The second kappa shape index (κ2) is 19.8. The Morgan fingerprint density at radius 1 is 0.690 bits per heavy atom. The first-order valence-electron chi connectivity index (χ1n) is 21.7. The van der Waals surface area contributed by atoms with Crippen LogP contribution in [-0.4, -0.2) is 52.8 Å². The maximum atomic E-state index is 10.8. The first-order valence-corrected chi connectivity index (χ1v) is 25.6. The lowest BCUT2D eigenvalue weighted by Gasteiger charge is -2.49. The van der Waals surface area contributed by atoms with Crippen LogP contribution < -0.4 is 20.7 Å². The van der Waals surface area contributed by atoms with Gasteiger partial charge in [0, 0.05) is 0 Å². The van der Waals surface area contributed by atoms with Gasteiger partial charge >= 0.3 is 0 Å². The van der Waals surface area contributed by atoms with Crippen molar-refractivity contribution in [2.24, 2.45) is 11.8 Å². The van der Waals surface area contributed by atoms with Gasteiger partial charge in [-0.2, -0.15) is 0 Å². The van der Waals surface area contributed by atoms with Crippen molar-refractivity contribution < 1.29 is 18.7 Å². The highest BCUT2D eigenvalue weighted by molar-refractivity contribution is 7.00. The highest BCUT2D eigenvalue weighted by atomic mass is 28.4. The lowest BCUT2D eigenvalue weighted by molar-refractivity contribution is -0.104. The lowest BCUT2D eigenvalue weighted by Crippen LogP contribution is -2.69. The third-order valence-corrected chi connectivity index (χ3v) is 22.3. The Labute approximate surface area is 354 Å². The average Bonchev–Trinajstić information content (AvgIpc) is 3.34. The lowest BCUT2D eigenvalue weighted by atomic mass is 9.84. The van der Waals surface area contributed by atoms with Gasteiger partial charge in [0.1, 0.15) is 0 Å². The number of hydrogen-bond acceptors (Lipinski definition) is 4. The van der Waals surface area contributed by atoms with Gasteiger partial charge < -0.3 is 18.7 Å². The SMILES string of the molecule is CC(C)C=CC(O)CCC(C)C[C@]1(C)OCC(=CCO[Si](c2ccccc2)(c2ccccc2)C(C)(C)C)CC[C@H]1O[Si](c1ccccc1)(c1ccccc1)C(C)(C)C. The monoisotopic (exact) mass is 816 g/mol. The summed E-state index contributed by atoms with van der Waals surface area (Å²) in [5.74, 6) is 0.739. The molecule has 1 N–H and O–H groups in total. The van der Waals surface area contributed by atoms with Gasteiger partial charge in [-0.3, -0.25) is 0 Å². The molecule has 5 rings (SSSR count). The van der Waals surface area contributed by atoms with E-state index in [1.165, 1.54) is 26.3 Å². The summed E-state index contributed by atoms with van der Waals surface area (Å²) in [5, 5.41) is 15.7. The molecule has 4 nitrogen and oxygen atoms in total. The molecule has 1 aliphatic heterocycles. The average molecular weight is 817 g/mol. The van der Waals surface area contributed by atoms with Crippen LogP contribution in [0.5, 0.6) is 0 Å². The molecule has 0 amide bonds. The Bertz CT molecular complexity index is 1800. The molecule has 0 bridgehead atoms. The molecule has 1 saturated heterocycles. The van der Waals surface area contributed by atoms with Crippen molar-refractivity contribution >= 4 is 37.4 Å². The molecule has 0 spiro atoms. The quantitative estimate of drug-likeness (QED) is 0.0904. The zero-order chi connectivity index (χ0) is 42.0. The molecular weight excluding hydrogens is 745 g/mol. The van der Waals surface area contributed by atoms with Crippen LogP contribution in [-0.2, 0) is 13.6 Å². The van der Waals surface area contributed by atoms with Crippen LogP contribution in [0, 0.1) is 11.8 Å². The molecule has 1 aliphatic rings. The molecule has 0 aromatic heterocycles. The fourth-order valence-electron chi connectivity index (χ4n) is 9.23. The molecule has 6 heteroatoms. The topological polar surface area (TPSA) is 47.9 Å². The summed E-state index contributed by atoms with van der Waals surface area (Å²) < 4.78 is 22.5. The number of benzene rings is 4. The molecule has 1 fully saturated rings. The second-order valence-electron chi connectivity index (χ2n) is 19.3. The Morgan fingerprint density at radius 3 is 1.57 bits per heavy atom. The van der Waals surface area contributed by atoms with E-state index in [4.69, 9.17) is 13.6 Å². The summed E-state index contributed by atoms with van der Waals surface area (Å²) in [6, 6.07) is 43.7. The number of allylic oxidation sites excluding steroid dienone is 1. The summed E-state index contributed by atoms with van der Waals surface area (Å²) in [6.07, 6.45) is 9.96. The molecule has 4 aromatic carbocycles. The summed E-state index contributed by atoms with van der Waals surface area (Å²) in [4.78, 5) is 0. The Morgan fingerprint density at radius 2 is 1.14 bits per heavy atom. The van der Waals surface area contributed by atoms with Gasteiger partial charge in [-0.25, -0.2) is 0 Å². The Balaban J connectivity index is 1.51. The van der Waals surface area contributed by atoms with Gasteiger partial charge in [0.15, 0.2) is 0 Å². The van der Waals surface area contributed by atoms with E-state index >= 15 is 0 Å². The van der Waals surface area contributed by atoms with Crippen LogP contribution in [0.3, 0.4) is 0 Å². The van der Waals surface area contributed by atoms with Crippen LogP contribution in [0.15, 0.2) is 145 Å². The van der Waals surface area contributed by atoms with E-state index in [9.17, 15) is 5.11 Å². The van der Waals surface area contributed by atoms with Crippen molar-refractivity contribution in [3.05, 3.63) is 145 Å². The fraction of sp³-hybridized carbons (Fsp3) is 0.462. The smallest absolute Gasteiger partial charge is 0.261 e. The maximum Gasteiger partial charge on any atom is 0.261 e. The summed E-state index contributed by atoms with van der Waals surface area (Å²) in [7, 11) is -5.59. The number of hydrogen-bond donors (Lipinski definition) is 1. The van der Waals surface area contributed by atoms with Gasteiger partial charge in [-0.15, -0.1) is 0 Å². The van der Waals surface area contributed by atoms with E-state index in [0.29, 0.717) is 25.0 Å². The van der Waals surface area contributed by atoms with E-state index in [1.54, 1.807) is 0 Å². The van der Waals surface area contributed by atoms with Crippen molar-refractivity contribution in [1.29, 1.82) is 0 Å². The number of aliphatic hydroxyl groups is 1. The molecule has 0 saturated carbocycles. The van der Waals surface area contributed by atoms with Crippen molar-refractivity contribution in [3.8, 4) is 0 Å². The van der Waals surface area contributed by atoms with Crippen LogP contribution in [0.2, 0.25) is 10.1 Å². The van der Waals surface area contributed by atoms with Gasteiger partial charge in [-0.05, 0) is 87.3 Å². The summed E-state index contributed by atoms with van der Waals surface area (Å²) in [6.45, 7) is 24.0. The summed E-state index contributed by atoms with van der Waals surface area (Å²) >= 11 is 0. The number of aliphatic hydroxyl groups excluding tert-OH is 1. The predicted molar refractivity (Wildman–Crippen MR) is 251 cm³/mol. The minimum atomic E-state index is -2.89. The van der Waals surface area contributed by atoms with Gasteiger partial charge in [-0.1, -0.05) is 202 Å². The number of ether oxygens (including phenoxy) is 1. The largest absolute Gasteiger partial charge is 0.404 e. The van der Waals surface area contributed by atoms with Gasteiger partial charge in [0.2, 0.25) is 0 Å². The van der Waals surface area contributed by atoms with E-state index in [0.717, 1.165) is 32.1 Å². The predicted octanol–water partition coefficient (Wildman–Crippen LogP) is 10.4. The van der Waals surface area contributed by atoms with Crippen LogP contribution in [0.25, 0.3) is 0 Å². The standard InChI is InChI=1S/C52H72O4Si2/c1-41(2)31-34-44(53)35-32-42(3)39-52(10)49(56-58(51(7,8)9,47-27-19-13-20-28-47)48-29-21-14-22-30-48)36-33-43(40-54-52)37-38-55-57(50(4,5)6,45-23-15-11-16-24-45)46-25-17-12-18-26-46/h11-31,34,37,41-42,44,49,53H,32-33,35-36,38-40H2,1-10H3/t42?,44?,49-,52+/m1/s1. The van der Waals surface area contributed by atoms with E-state index in [1.807, 2.05) is 6.08 Å². The van der Waals surface area contributed by atoms with Crippen LogP contribution in [0.4, 0.5) is 0 Å². The van der Waals surface area contributed by atoms with Crippen LogP contribution >= 0.6 is 0 Å². The molecular formula is C52H72O4Si2. The van der Waals surface area contributed by atoms with Crippen molar-refractivity contribution in [2.75, 3.05) is 13.2 Å². The molecule has 1 heterocycles. The van der Waals surface area contributed by atoms with Crippen molar-refractivity contribution in [3.63, 3.8) is 0 Å². The zero-order valence-electron chi connectivity index (χ0n) is 37.2. The minimum Gasteiger partial charge on any atom is -0.404 e.